The molecule has 2 heterocycles. The highest BCUT2D eigenvalue weighted by atomic mass is 16.6. The number of benzene rings is 1. The van der Waals surface area contributed by atoms with Crippen LogP contribution in [0.5, 0.6) is 0 Å². The number of carbonyl (C=O) groups excluding carboxylic acids is 2. The molecule has 2 aliphatic heterocycles. The van der Waals surface area contributed by atoms with Crippen LogP contribution < -0.4 is 0 Å². The third-order valence-corrected chi connectivity index (χ3v) is 6.31. The minimum Gasteiger partial charge on any atom is -0.462 e. The number of allylic oxidation sites excluding steroid dienone is 3. The van der Waals surface area contributed by atoms with Crippen molar-refractivity contribution in [3.8, 4) is 0 Å². The lowest BCUT2D eigenvalue weighted by Gasteiger charge is -2.26. The predicted molar refractivity (Wildman–Crippen MR) is 131 cm³/mol. The van der Waals surface area contributed by atoms with Gasteiger partial charge in [-0.3, -0.25) is 4.79 Å². The lowest BCUT2D eigenvalue weighted by Crippen LogP contribution is -2.37. The molecule has 0 unspecified atom stereocenters. The fraction of sp³-hybridized carbons (Fsp3) is 0.519. The van der Waals surface area contributed by atoms with Gasteiger partial charge in [0.25, 0.3) is 5.91 Å². The summed E-state index contributed by atoms with van der Waals surface area (Å²) in [6, 6.07) is 2.03. The third kappa shape index (κ3) is 7.04. The van der Waals surface area contributed by atoms with Gasteiger partial charge in [0.05, 0.1) is 17.9 Å². The van der Waals surface area contributed by atoms with Crippen molar-refractivity contribution in [2.24, 2.45) is 5.16 Å². The van der Waals surface area contributed by atoms with E-state index in [-0.39, 0.29) is 18.5 Å². The zero-order valence-corrected chi connectivity index (χ0v) is 20.2. The van der Waals surface area contributed by atoms with E-state index < -0.39 is 0 Å². The van der Waals surface area contributed by atoms with E-state index >= 15 is 0 Å². The first-order valence-electron chi connectivity index (χ1n) is 12.0. The SMILES string of the molecule is Cc1cc(C)c2c(c1C)CC(=N\OCC(=O)N1CCCCC1)/C=C/CC/C=C/CCOC2=O. The number of piperidine rings is 1. The molecule has 1 amide bonds. The van der Waals surface area contributed by atoms with Crippen LogP contribution in [0.1, 0.15) is 71.1 Å². The third-order valence-electron chi connectivity index (χ3n) is 6.31. The number of rotatable bonds is 3. The summed E-state index contributed by atoms with van der Waals surface area (Å²) in [5, 5.41) is 4.32. The Balaban J connectivity index is 1.86. The van der Waals surface area contributed by atoms with Gasteiger partial charge < -0.3 is 14.5 Å². The minimum atomic E-state index is -0.305. The van der Waals surface area contributed by atoms with E-state index in [0.29, 0.717) is 30.7 Å². The summed E-state index contributed by atoms with van der Waals surface area (Å²) in [5.74, 6) is -0.332. The molecule has 0 aromatic heterocycles. The second-order valence-electron chi connectivity index (χ2n) is 8.84. The summed E-state index contributed by atoms with van der Waals surface area (Å²) < 4.78 is 5.57. The molecular formula is C27H36N2O4. The number of ether oxygens (including phenoxy) is 1. The molecule has 0 spiro atoms. The first-order valence-corrected chi connectivity index (χ1v) is 12.0. The van der Waals surface area contributed by atoms with E-state index in [4.69, 9.17) is 9.57 Å². The lowest BCUT2D eigenvalue weighted by atomic mass is 9.90. The van der Waals surface area contributed by atoms with Crippen molar-refractivity contribution in [3.05, 3.63) is 58.2 Å². The molecule has 6 nitrogen and oxygen atoms in total. The normalized spacial score (nSPS) is 21.0. The van der Waals surface area contributed by atoms with Crippen molar-refractivity contribution in [2.45, 2.75) is 65.7 Å². The molecule has 1 aromatic rings. The number of hydrogen-bond donors (Lipinski definition) is 0. The maximum Gasteiger partial charge on any atom is 0.338 e. The predicted octanol–water partition coefficient (Wildman–Crippen LogP) is 4.99. The highest BCUT2D eigenvalue weighted by Crippen LogP contribution is 2.25. The fourth-order valence-corrected chi connectivity index (χ4v) is 4.32. The minimum absolute atomic E-state index is 0.0269. The average molecular weight is 453 g/mol. The molecule has 2 aliphatic rings. The maximum atomic E-state index is 13.0. The van der Waals surface area contributed by atoms with E-state index in [0.717, 1.165) is 61.0 Å². The standard InChI is InChI=1S/C27H36N2O4/c1-20-17-21(2)26-24(22(20)3)18-23(13-9-6-4-5-7-12-16-32-27(26)31)28-33-19-25(30)29-14-10-8-11-15-29/h5,7,9,13,17H,4,6,8,10-12,14-16,18-19H2,1-3H3/b7-5+,13-9+,28-23-. The molecule has 0 saturated carbocycles. The molecular weight excluding hydrogens is 416 g/mol. The Morgan fingerprint density at radius 3 is 2.55 bits per heavy atom. The van der Waals surface area contributed by atoms with Gasteiger partial charge in [0.2, 0.25) is 0 Å². The summed E-state index contributed by atoms with van der Waals surface area (Å²) in [6.45, 7) is 7.88. The molecule has 0 N–H and O–H groups in total. The lowest BCUT2D eigenvalue weighted by molar-refractivity contribution is -0.137. The van der Waals surface area contributed by atoms with E-state index in [1.165, 1.54) is 6.42 Å². The number of carbonyl (C=O) groups is 2. The molecule has 3 rings (SSSR count). The van der Waals surface area contributed by atoms with Gasteiger partial charge in [0, 0.05) is 19.5 Å². The van der Waals surface area contributed by atoms with Crippen LogP contribution in [0.4, 0.5) is 0 Å². The van der Waals surface area contributed by atoms with E-state index in [9.17, 15) is 9.59 Å². The molecule has 0 aliphatic carbocycles. The Labute approximate surface area is 197 Å². The van der Waals surface area contributed by atoms with Gasteiger partial charge in [-0.2, -0.15) is 0 Å². The molecule has 0 radical (unpaired) electrons. The monoisotopic (exact) mass is 452 g/mol. The van der Waals surface area contributed by atoms with Crippen LogP contribution in [0.15, 0.2) is 35.5 Å². The molecule has 1 saturated heterocycles. The number of oxime groups is 1. The Kier molecular flexibility index (Phi) is 9.28. The van der Waals surface area contributed by atoms with Gasteiger partial charge >= 0.3 is 5.97 Å². The van der Waals surface area contributed by atoms with Crippen LogP contribution in [0.3, 0.4) is 0 Å². The number of hydrogen-bond acceptors (Lipinski definition) is 5. The van der Waals surface area contributed by atoms with Gasteiger partial charge in [-0.05, 0) is 87.6 Å². The summed E-state index contributed by atoms with van der Waals surface area (Å²) in [6.07, 6.45) is 14.3. The number of likely N-dealkylation sites (tertiary alicyclic amines) is 1. The smallest absolute Gasteiger partial charge is 0.338 e. The van der Waals surface area contributed by atoms with Crippen LogP contribution in [0.25, 0.3) is 0 Å². The topological polar surface area (TPSA) is 68.2 Å². The van der Waals surface area contributed by atoms with Gasteiger partial charge in [0.15, 0.2) is 6.61 Å². The average Bonchev–Trinajstić information content (AvgIpc) is 2.80. The van der Waals surface area contributed by atoms with Crippen molar-refractivity contribution < 1.29 is 19.2 Å². The maximum absolute atomic E-state index is 13.0. The van der Waals surface area contributed by atoms with Crippen LogP contribution in [0, 0.1) is 20.8 Å². The Morgan fingerprint density at radius 2 is 1.76 bits per heavy atom. The highest BCUT2D eigenvalue weighted by Gasteiger charge is 2.21. The summed E-state index contributed by atoms with van der Waals surface area (Å²) in [4.78, 5) is 32.8. The number of esters is 1. The van der Waals surface area contributed by atoms with Crippen LogP contribution in [-0.2, 0) is 20.8 Å². The number of aryl methyl sites for hydroxylation is 2. The summed E-state index contributed by atoms with van der Waals surface area (Å²) in [7, 11) is 0. The summed E-state index contributed by atoms with van der Waals surface area (Å²) in [5.41, 5.74) is 5.25. The number of cyclic esters (lactones) is 1. The van der Waals surface area contributed by atoms with E-state index in [2.05, 4.69) is 17.3 Å². The van der Waals surface area contributed by atoms with E-state index in [1.54, 1.807) is 0 Å². The highest BCUT2D eigenvalue weighted by molar-refractivity contribution is 6.00. The van der Waals surface area contributed by atoms with Crippen LogP contribution in [-0.4, -0.2) is 48.8 Å². The van der Waals surface area contributed by atoms with Crippen LogP contribution in [0.2, 0.25) is 0 Å². The zero-order valence-electron chi connectivity index (χ0n) is 20.2. The summed E-state index contributed by atoms with van der Waals surface area (Å²) >= 11 is 0. The fourth-order valence-electron chi connectivity index (χ4n) is 4.32. The number of amides is 1. The molecule has 1 fully saturated rings. The Hall–Kier alpha value is -2.89. The second kappa shape index (κ2) is 12.4. The van der Waals surface area contributed by atoms with Crippen molar-refractivity contribution in [3.63, 3.8) is 0 Å². The molecule has 6 heteroatoms. The Bertz CT molecular complexity index is 940. The van der Waals surface area contributed by atoms with Gasteiger partial charge in [0.1, 0.15) is 0 Å². The molecule has 0 bridgehead atoms. The van der Waals surface area contributed by atoms with Crippen molar-refractivity contribution in [1.82, 2.24) is 4.90 Å². The largest absolute Gasteiger partial charge is 0.462 e. The second-order valence-corrected chi connectivity index (χ2v) is 8.84. The molecule has 178 valence electrons. The van der Waals surface area contributed by atoms with E-state index in [1.807, 2.05) is 43.9 Å². The van der Waals surface area contributed by atoms with Crippen molar-refractivity contribution in [2.75, 3.05) is 26.3 Å². The number of nitrogens with zero attached hydrogens (tertiary/aromatic N) is 2. The van der Waals surface area contributed by atoms with Crippen molar-refractivity contribution in [1.29, 1.82) is 0 Å². The van der Waals surface area contributed by atoms with Gasteiger partial charge in [-0.25, -0.2) is 4.79 Å². The first kappa shape index (κ1) is 24.7. The number of fused-ring (bicyclic) bond motifs is 1. The first-order chi connectivity index (χ1) is 16.0. The molecule has 1 aromatic carbocycles. The van der Waals surface area contributed by atoms with Crippen LogP contribution >= 0.6 is 0 Å². The van der Waals surface area contributed by atoms with Gasteiger partial charge in [-0.1, -0.05) is 29.5 Å². The zero-order chi connectivity index (χ0) is 23.6. The quantitative estimate of drug-likeness (QED) is 0.368. The molecule has 0 atom stereocenters. The Morgan fingerprint density at radius 1 is 1.03 bits per heavy atom. The van der Waals surface area contributed by atoms with Gasteiger partial charge in [-0.15, -0.1) is 0 Å². The van der Waals surface area contributed by atoms with Crippen molar-refractivity contribution >= 4 is 17.6 Å². The molecule has 33 heavy (non-hydrogen) atoms.